The normalized spacial score (nSPS) is 12.8. The number of carboxylic acid groups (broad SMARTS) is 1. The smallest absolute Gasteiger partial charge is 0.320 e. The lowest BCUT2D eigenvalue weighted by molar-refractivity contribution is -0.138. The molecule has 0 saturated heterocycles. The van der Waals surface area contributed by atoms with Crippen molar-refractivity contribution in [3.05, 3.63) is 17.7 Å². The maximum absolute atomic E-state index is 12.0. The highest BCUT2D eigenvalue weighted by Gasteiger charge is 2.13. The van der Waals surface area contributed by atoms with E-state index in [1.807, 2.05) is 0 Å². The number of nitrogens with two attached hydrogens (primary N) is 1. The molecule has 0 radical (unpaired) electrons. The van der Waals surface area contributed by atoms with Crippen LogP contribution in [0.25, 0.3) is 0 Å². The molecule has 0 fully saturated rings. The second kappa shape index (κ2) is 3.99. The molecule has 1 aromatic rings. The van der Waals surface area contributed by atoms with E-state index in [0.717, 1.165) is 0 Å². The Morgan fingerprint density at radius 1 is 1.85 bits per heavy atom. The van der Waals surface area contributed by atoms with Crippen molar-refractivity contribution >= 4 is 5.97 Å². The van der Waals surface area contributed by atoms with E-state index < -0.39 is 18.7 Å². The van der Waals surface area contributed by atoms with Crippen molar-refractivity contribution in [2.75, 3.05) is 0 Å². The number of hydrogen-bond donors (Lipinski definition) is 3. The Labute approximate surface area is 73.8 Å². The summed E-state index contributed by atoms with van der Waals surface area (Å²) in [5.74, 6) is -0.899. The van der Waals surface area contributed by atoms with E-state index in [2.05, 4.69) is 9.97 Å². The summed E-state index contributed by atoms with van der Waals surface area (Å²) in [5, 5.41) is 8.47. The van der Waals surface area contributed by atoms with Gasteiger partial charge in [0.2, 0.25) is 0 Å². The van der Waals surface area contributed by atoms with Crippen molar-refractivity contribution in [3.63, 3.8) is 0 Å². The Morgan fingerprint density at radius 3 is 3.00 bits per heavy atom. The number of halogens is 1. The van der Waals surface area contributed by atoms with E-state index in [0.29, 0.717) is 5.69 Å². The molecule has 6 heteroatoms. The summed E-state index contributed by atoms with van der Waals surface area (Å²) in [6, 6.07) is -0.979. The minimum absolute atomic E-state index is 0.127. The van der Waals surface area contributed by atoms with Gasteiger partial charge in [-0.25, -0.2) is 9.37 Å². The van der Waals surface area contributed by atoms with Crippen molar-refractivity contribution in [2.45, 2.75) is 19.1 Å². The van der Waals surface area contributed by atoms with Gasteiger partial charge < -0.3 is 15.8 Å². The van der Waals surface area contributed by atoms with E-state index in [1.165, 1.54) is 6.20 Å². The topological polar surface area (TPSA) is 92.0 Å². The summed E-state index contributed by atoms with van der Waals surface area (Å²) in [6.45, 7) is -0.692. The van der Waals surface area contributed by atoms with Gasteiger partial charge in [0.1, 0.15) is 18.5 Å². The van der Waals surface area contributed by atoms with Crippen molar-refractivity contribution in [1.29, 1.82) is 0 Å². The molecule has 0 amide bonds. The number of nitrogens with zero attached hydrogens (tertiary/aromatic N) is 1. The maximum atomic E-state index is 12.0. The molecular weight excluding hydrogens is 177 g/mol. The molecule has 1 aromatic heterocycles. The highest BCUT2D eigenvalue weighted by molar-refractivity contribution is 5.73. The Bertz CT molecular complexity index is 300. The largest absolute Gasteiger partial charge is 0.480 e. The predicted molar refractivity (Wildman–Crippen MR) is 42.7 cm³/mol. The molecule has 1 rings (SSSR count). The molecule has 1 atom stereocenters. The van der Waals surface area contributed by atoms with Crippen LogP contribution in [0.2, 0.25) is 0 Å². The zero-order valence-electron chi connectivity index (χ0n) is 6.83. The number of carbonyl (C=O) groups is 1. The van der Waals surface area contributed by atoms with Gasteiger partial charge in [-0.3, -0.25) is 4.79 Å². The first-order valence-electron chi connectivity index (χ1n) is 3.70. The van der Waals surface area contributed by atoms with Crippen LogP contribution in [-0.2, 0) is 17.9 Å². The third-order valence-electron chi connectivity index (χ3n) is 1.56. The van der Waals surface area contributed by atoms with Gasteiger partial charge in [-0.2, -0.15) is 0 Å². The molecule has 0 aliphatic rings. The summed E-state index contributed by atoms with van der Waals surface area (Å²) in [5.41, 5.74) is 5.79. The van der Waals surface area contributed by atoms with E-state index in [1.54, 1.807) is 0 Å². The highest BCUT2D eigenvalue weighted by atomic mass is 19.1. The lowest BCUT2D eigenvalue weighted by Crippen LogP contribution is -2.32. The van der Waals surface area contributed by atoms with Gasteiger partial charge >= 0.3 is 5.97 Å². The fraction of sp³-hybridized carbons (Fsp3) is 0.429. The van der Waals surface area contributed by atoms with Gasteiger partial charge in [-0.05, 0) is 0 Å². The van der Waals surface area contributed by atoms with Crippen LogP contribution in [0.15, 0.2) is 6.20 Å². The van der Waals surface area contributed by atoms with Gasteiger partial charge in [0.15, 0.2) is 0 Å². The van der Waals surface area contributed by atoms with Crippen LogP contribution in [-0.4, -0.2) is 27.1 Å². The van der Waals surface area contributed by atoms with Crippen LogP contribution >= 0.6 is 0 Å². The lowest BCUT2D eigenvalue weighted by atomic mass is 10.2. The molecule has 0 spiro atoms. The van der Waals surface area contributed by atoms with Crippen molar-refractivity contribution in [2.24, 2.45) is 5.73 Å². The highest BCUT2D eigenvalue weighted by Crippen LogP contribution is 2.01. The second-order valence-corrected chi connectivity index (χ2v) is 2.64. The van der Waals surface area contributed by atoms with E-state index >= 15 is 0 Å². The minimum Gasteiger partial charge on any atom is -0.480 e. The van der Waals surface area contributed by atoms with Crippen LogP contribution in [0.3, 0.4) is 0 Å². The molecular formula is C7H10FN3O2. The molecule has 0 bridgehead atoms. The molecule has 0 saturated carbocycles. The molecule has 4 N–H and O–H groups in total. The van der Waals surface area contributed by atoms with Crippen molar-refractivity contribution in [3.8, 4) is 0 Å². The summed E-state index contributed by atoms with van der Waals surface area (Å²) >= 11 is 0. The first-order valence-corrected chi connectivity index (χ1v) is 3.70. The van der Waals surface area contributed by atoms with E-state index in [4.69, 9.17) is 10.8 Å². The van der Waals surface area contributed by atoms with Gasteiger partial charge in [-0.15, -0.1) is 0 Å². The van der Waals surface area contributed by atoms with E-state index in [9.17, 15) is 9.18 Å². The van der Waals surface area contributed by atoms with Gasteiger partial charge in [-0.1, -0.05) is 0 Å². The molecule has 5 nitrogen and oxygen atoms in total. The molecule has 0 unspecified atom stereocenters. The zero-order valence-corrected chi connectivity index (χ0v) is 6.83. The molecule has 0 aliphatic carbocycles. The quantitative estimate of drug-likeness (QED) is 0.610. The predicted octanol–water partition coefficient (Wildman–Crippen LogP) is -0.166. The number of alkyl halides is 1. The number of nitrogens with one attached hydrogen (secondary N) is 1. The summed E-state index contributed by atoms with van der Waals surface area (Å²) < 4.78 is 12.0. The van der Waals surface area contributed by atoms with Crippen LogP contribution in [0.4, 0.5) is 4.39 Å². The zero-order chi connectivity index (χ0) is 9.84. The Morgan fingerprint density at radius 2 is 2.54 bits per heavy atom. The average molecular weight is 187 g/mol. The number of carboxylic acids is 1. The second-order valence-electron chi connectivity index (χ2n) is 2.64. The van der Waals surface area contributed by atoms with Gasteiger partial charge in [0.25, 0.3) is 0 Å². The average Bonchev–Trinajstić information content (AvgIpc) is 2.52. The van der Waals surface area contributed by atoms with Crippen LogP contribution in [0.5, 0.6) is 0 Å². The monoisotopic (exact) mass is 187 g/mol. The number of aromatic amines is 1. The summed E-state index contributed by atoms with van der Waals surface area (Å²) in [4.78, 5) is 16.6. The van der Waals surface area contributed by atoms with E-state index in [-0.39, 0.29) is 12.2 Å². The van der Waals surface area contributed by atoms with Gasteiger partial charge in [0.05, 0.1) is 0 Å². The Balaban J connectivity index is 2.58. The fourth-order valence-electron chi connectivity index (χ4n) is 0.902. The van der Waals surface area contributed by atoms with Crippen LogP contribution in [0, 0.1) is 0 Å². The molecule has 72 valence electrons. The Hall–Kier alpha value is -1.43. The molecule has 13 heavy (non-hydrogen) atoms. The third-order valence-corrected chi connectivity index (χ3v) is 1.56. The third kappa shape index (κ3) is 2.51. The van der Waals surface area contributed by atoms with Crippen LogP contribution in [0.1, 0.15) is 11.5 Å². The minimum atomic E-state index is -1.09. The fourth-order valence-corrected chi connectivity index (χ4v) is 0.902. The number of aromatic nitrogens is 2. The SMILES string of the molecule is N[C@@H](Cc1cnc(CF)[nH]1)C(=O)O. The first kappa shape index (κ1) is 9.66. The van der Waals surface area contributed by atoms with Gasteiger partial charge in [0, 0.05) is 18.3 Å². The van der Waals surface area contributed by atoms with Crippen LogP contribution < -0.4 is 5.73 Å². The molecule has 0 aliphatic heterocycles. The summed E-state index contributed by atoms with van der Waals surface area (Å²) in [7, 11) is 0. The number of imidazole rings is 1. The molecule has 0 aromatic carbocycles. The number of aliphatic carboxylic acids is 1. The Kier molecular flexibility index (Phi) is 2.97. The van der Waals surface area contributed by atoms with Crippen molar-refractivity contribution in [1.82, 2.24) is 9.97 Å². The van der Waals surface area contributed by atoms with Crippen molar-refractivity contribution < 1.29 is 14.3 Å². The maximum Gasteiger partial charge on any atom is 0.320 e. The summed E-state index contributed by atoms with van der Waals surface area (Å²) in [6.07, 6.45) is 1.51. The molecule has 1 heterocycles. The lowest BCUT2D eigenvalue weighted by Gasteiger charge is -2.02. The number of H-pyrrole nitrogens is 1. The standard InChI is InChI=1S/C7H10FN3O2/c8-2-6-10-3-4(11-6)1-5(9)7(12)13/h3,5H,1-2,9H2,(H,10,11)(H,12,13)/t5-/m0/s1. The number of rotatable bonds is 4. The first-order chi connectivity index (χ1) is 6.13. The number of hydrogen-bond acceptors (Lipinski definition) is 3.